The molecule has 0 aliphatic heterocycles. The Hall–Kier alpha value is -1.31. The third kappa shape index (κ3) is 3.12. The van der Waals surface area contributed by atoms with Crippen LogP contribution in [0.5, 0.6) is 0 Å². The Kier molecular flexibility index (Phi) is 4.67. The van der Waals surface area contributed by atoms with E-state index in [4.69, 9.17) is 11.6 Å². The van der Waals surface area contributed by atoms with Crippen LogP contribution < -0.4 is 0 Å². The molecule has 1 aromatic carbocycles. The molecule has 0 amide bonds. The fourth-order valence-corrected chi connectivity index (χ4v) is 2.94. The number of alkyl halides is 3. The molecule has 0 unspecified atom stereocenters. The number of halogens is 9. The van der Waals surface area contributed by atoms with Crippen molar-refractivity contribution < 1.29 is 35.1 Å². The molecule has 0 nitrogen and oxygen atoms in total. The second kappa shape index (κ2) is 5.89. The van der Waals surface area contributed by atoms with E-state index in [1.165, 1.54) is 13.8 Å². The molecule has 0 saturated heterocycles. The zero-order valence-corrected chi connectivity index (χ0v) is 13.1. The first-order chi connectivity index (χ1) is 10.8. The van der Waals surface area contributed by atoms with Gasteiger partial charge in [0.2, 0.25) is 5.82 Å². The van der Waals surface area contributed by atoms with Gasteiger partial charge in [-0.1, -0.05) is 31.5 Å². The second-order valence-corrected chi connectivity index (χ2v) is 6.63. The first-order valence-electron chi connectivity index (χ1n) is 6.75. The summed E-state index contributed by atoms with van der Waals surface area (Å²) in [6.45, 7) is 3.04. The van der Waals surface area contributed by atoms with Gasteiger partial charge >= 0.3 is 6.18 Å². The molecule has 0 spiro atoms. The highest BCUT2D eigenvalue weighted by Gasteiger charge is 2.57. The van der Waals surface area contributed by atoms with E-state index in [9.17, 15) is 35.1 Å². The zero-order valence-electron chi connectivity index (χ0n) is 12.3. The van der Waals surface area contributed by atoms with Crippen molar-refractivity contribution in [3.05, 3.63) is 45.8 Å². The molecule has 9 heteroatoms. The number of hydrogen-bond donors (Lipinski definition) is 0. The summed E-state index contributed by atoms with van der Waals surface area (Å²) in [4.78, 5) is 0. The molecule has 2 rings (SSSR count). The maximum Gasteiger partial charge on any atom is 0.426 e. The summed E-state index contributed by atoms with van der Waals surface area (Å²) in [6.07, 6.45) is -4.66. The van der Waals surface area contributed by atoms with Crippen LogP contribution in [0.1, 0.15) is 19.4 Å². The van der Waals surface area contributed by atoms with Crippen molar-refractivity contribution in [2.45, 2.75) is 26.4 Å². The Morgan fingerprint density at radius 1 is 0.958 bits per heavy atom. The van der Waals surface area contributed by atoms with E-state index >= 15 is 0 Å². The number of rotatable bonds is 3. The molecule has 1 fully saturated rings. The van der Waals surface area contributed by atoms with E-state index in [0.29, 0.717) is 6.08 Å². The molecule has 2 atom stereocenters. The molecule has 0 N–H and O–H groups in total. The van der Waals surface area contributed by atoms with Gasteiger partial charge in [0.05, 0.1) is 0 Å². The third-order valence-corrected chi connectivity index (χ3v) is 4.80. The van der Waals surface area contributed by atoms with E-state index in [1.54, 1.807) is 0 Å². The SMILES string of the molecule is CC1(C)[C@H](/C=C(\Cl)C(F)(F)F)[C@@H]1Cc1c(F)c(F)c(F)c(F)c1F. The summed E-state index contributed by atoms with van der Waals surface area (Å²) in [5.41, 5.74) is -1.87. The van der Waals surface area contributed by atoms with Gasteiger partial charge in [0.15, 0.2) is 23.3 Å². The van der Waals surface area contributed by atoms with Crippen LogP contribution in [0.3, 0.4) is 0 Å². The van der Waals surface area contributed by atoms with Crippen molar-refractivity contribution >= 4 is 11.6 Å². The molecule has 0 aromatic heterocycles. The lowest BCUT2D eigenvalue weighted by molar-refractivity contribution is -0.0848. The molecule has 1 aromatic rings. The van der Waals surface area contributed by atoms with Crippen LogP contribution in [0, 0.1) is 46.3 Å². The average Bonchev–Trinajstić information content (AvgIpc) is 2.98. The summed E-state index contributed by atoms with van der Waals surface area (Å²) < 4.78 is 104. The van der Waals surface area contributed by atoms with Gasteiger partial charge in [-0.3, -0.25) is 0 Å². The first kappa shape index (κ1) is 19.0. The maximum absolute atomic E-state index is 13.7. The first-order valence-corrected chi connectivity index (χ1v) is 7.12. The van der Waals surface area contributed by atoms with Gasteiger partial charge < -0.3 is 0 Å². The fourth-order valence-electron chi connectivity index (χ4n) is 2.81. The number of allylic oxidation sites excluding steroid dienone is 2. The monoisotopic (exact) mass is 378 g/mol. The van der Waals surface area contributed by atoms with Gasteiger partial charge in [-0.2, -0.15) is 13.2 Å². The van der Waals surface area contributed by atoms with Gasteiger partial charge in [0.1, 0.15) is 5.03 Å². The quantitative estimate of drug-likeness (QED) is 0.350. The third-order valence-electron chi connectivity index (χ3n) is 4.46. The molecule has 1 saturated carbocycles. The van der Waals surface area contributed by atoms with Crippen LogP contribution in [0.15, 0.2) is 11.1 Å². The largest absolute Gasteiger partial charge is 0.426 e. The molecule has 0 bridgehead atoms. The van der Waals surface area contributed by atoms with Crippen LogP contribution in [0.25, 0.3) is 0 Å². The zero-order chi connectivity index (χ0) is 18.6. The number of benzene rings is 1. The Balaban J connectivity index is 2.34. The highest BCUT2D eigenvalue weighted by molar-refractivity contribution is 6.30. The van der Waals surface area contributed by atoms with Gasteiger partial charge in [-0.25, -0.2) is 22.0 Å². The summed E-state index contributed by atoms with van der Waals surface area (Å²) >= 11 is 5.14. The smallest absolute Gasteiger partial charge is 0.203 e. The van der Waals surface area contributed by atoms with E-state index in [1.807, 2.05) is 0 Å². The predicted molar refractivity (Wildman–Crippen MR) is 70.7 cm³/mol. The summed E-state index contributed by atoms with van der Waals surface area (Å²) in [5, 5.41) is -1.39. The standard InChI is InChI=1S/C15H11ClF8/c1-14(2)6(7(14)4-8(16)15(22,23)24)3-5-9(17)11(19)13(21)12(20)10(5)18/h4,6-7H,3H2,1-2H3/b8-4-/t6-,7+/m0/s1. The van der Waals surface area contributed by atoms with Crippen molar-refractivity contribution in [2.75, 3.05) is 0 Å². The molecule has 1 aliphatic carbocycles. The number of hydrogen-bond acceptors (Lipinski definition) is 0. The van der Waals surface area contributed by atoms with E-state index in [2.05, 4.69) is 0 Å². The molecule has 0 heterocycles. The van der Waals surface area contributed by atoms with Gasteiger partial charge in [-0.05, 0) is 23.7 Å². The molecular formula is C15H11ClF8. The summed E-state index contributed by atoms with van der Waals surface area (Å²) in [7, 11) is 0. The molecular weight excluding hydrogens is 368 g/mol. The minimum absolute atomic E-state index is 0.595. The van der Waals surface area contributed by atoms with Gasteiger partial charge in [0.25, 0.3) is 0 Å². The highest BCUT2D eigenvalue weighted by Crippen LogP contribution is 2.61. The van der Waals surface area contributed by atoms with Crippen molar-refractivity contribution in [1.82, 2.24) is 0 Å². The van der Waals surface area contributed by atoms with Crippen LogP contribution in [0.4, 0.5) is 35.1 Å². The minimum Gasteiger partial charge on any atom is -0.203 e. The van der Waals surface area contributed by atoms with Crippen molar-refractivity contribution in [2.24, 2.45) is 17.3 Å². The fraction of sp³-hybridized carbons (Fsp3) is 0.467. The minimum atomic E-state index is -4.77. The Bertz CT molecular complexity index is 675. The lowest BCUT2D eigenvalue weighted by Gasteiger charge is -2.09. The Labute approximate surface area is 137 Å². The van der Waals surface area contributed by atoms with Crippen molar-refractivity contribution in [3.63, 3.8) is 0 Å². The lowest BCUT2D eigenvalue weighted by Crippen LogP contribution is -2.09. The highest BCUT2D eigenvalue weighted by atomic mass is 35.5. The predicted octanol–water partition coefficient (Wildman–Crippen LogP) is 5.88. The van der Waals surface area contributed by atoms with Crippen LogP contribution >= 0.6 is 11.6 Å². The van der Waals surface area contributed by atoms with Gasteiger partial charge in [-0.15, -0.1) is 0 Å². The lowest BCUT2D eigenvalue weighted by atomic mass is 10.0. The van der Waals surface area contributed by atoms with E-state index in [-0.39, 0.29) is 0 Å². The topological polar surface area (TPSA) is 0 Å². The normalized spacial score (nSPS) is 23.5. The molecule has 134 valence electrons. The molecule has 0 radical (unpaired) electrons. The Morgan fingerprint density at radius 2 is 1.38 bits per heavy atom. The summed E-state index contributed by atoms with van der Waals surface area (Å²) in [6, 6.07) is 0. The summed E-state index contributed by atoms with van der Waals surface area (Å²) in [5.74, 6) is -11.9. The van der Waals surface area contributed by atoms with Crippen LogP contribution in [0.2, 0.25) is 0 Å². The van der Waals surface area contributed by atoms with E-state index < -0.39 is 69.5 Å². The van der Waals surface area contributed by atoms with Crippen LogP contribution in [-0.2, 0) is 6.42 Å². The van der Waals surface area contributed by atoms with Crippen LogP contribution in [-0.4, -0.2) is 6.18 Å². The Morgan fingerprint density at radius 3 is 1.79 bits per heavy atom. The molecule has 1 aliphatic rings. The molecule has 24 heavy (non-hydrogen) atoms. The maximum atomic E-state index is 13.7. The van der Waals surface area contributed by atoms with Gasteiger partial charge in [0, 0.05) is 5.56 Å². The van der Waals surface area contributed by atoms with E-state index in [0.717, 1.165) is 0 Å². The average molecular weight is 379 g/mol. The second-order valence-electron chi connectivity index (χ2n) is 6.22. The van der Waals surface area contributed by atoms with Crippen molar-refractivity contribution in [3.8, 4) is 0 Å². The van der Waals surface area contributed by atoms with Crippen molar-refractivity contribution in [1.29, 1.82) is 0 Å².